The summed E-state index contributed by atoms with van der Waals surface area (Å²) in [4.78, 5) is 9.07. The van der Waals surface area contributed by atoms with Gasteiger partial charge in [-0.1, -0.05) is 18.2 Å². The van der Waals surface area contributed by atoms with E-state index in [2.05, 4.69) is 20.6 Å². The highest BCUT2D eigenvalue weighted by Gasteiger charge is 2.15. The smallest absolute Gasteiger partial charge is 0.191 e. The zero-order valence-electron chi connectivity index (χ0n) is 17.6. The van der Waals surface area contributed by atoms with Gasteiger partial charge in [0.2, 0.25) is 0 Å². The first-order valence-electron chi connectivity index (χ1n) is 9.91. The second-order valence-corrected chi connectivity index (χ2v) is 6.69. The average Bonchev–Trinajstić information content (AvgIpc) is 2.80. The minimum absolute atomic E-state index is 0.270. The Morgan fingerprint density at radius 1 is 1.10 bits per heavy atom. The summed E-state index contributed by atoms with van der Waals surface area (Å²) in [5.41, 5.74) is 2.69. The third kappa shape index (κ3) is 5.18. The van der Waals surface area contributed by atoms with Crippen molar-refractivity contribution in [1.29, 1.82) is 0 Å². The molecule has 0 saturated heterocycles. The van der Waals surface area contributed by atoms with Crippen LogP contribution in [0.4, 0.5) is 0 Å². The van der Waals surface area contributed by atoms with E-state index < -0.39 is 6.10 Å². The van der Waals surface area contributed by atoms with Crippen LogP contribution in [0, 0.1) is 0 Å². The maximum atomic E-state index is 10.7. The van der Waals surface area contributed by atoms with E-state index in [1.165, 1.54) is 0 Å². The van der Waals surface area contributed by atoms with Crippen molar-refractivity contribution in [2.24, 2.45) is 4.99 Å². The quantitative estimate of drug-likeness (QED) is 0.392. The molecule has 1 heterocycles. The van der Waals surface area contributed by atoms with E-state index in [-0.39, 0.29) is 6.54 Å². The minimum Gasteiger partial charge on any atom is -0.497 e. The summed E-state index contributed by atoms with van der Waals surface area (Å²) in [6, 6.07) is 15.3. The van der Waals surface area contributed by atoms with E-state index in [9.17, 15) is 5.11 Å². The van der Waals surface area contributed by atoms with E-state index >= 15 is 0 Å². The monoisotopic (exact) mass is 408 g/mol. The van der Waals surface area contributed by atoms with E-state index in [0.29, 0.717) is 36.1 Å². The summed E-state index contributed by atoms with van der Waals surface area (Å²) in [7, 11) is 3.17. The van der Waals surface area contributed by atoms with Gasteiger partial charge >= 0.3 is 0 Å². The zero-order chi connectivity index (χ0) is 21.3. The van der Waals surface area contributed by atoms with Crippen molar-refractivity contribution in [1.82, 2.24) is 15.6 Å². The first-order chi connectivity index (χ1) is 14.7. The number of nitrogens with one attached hydrogen (secondary N) is 2. The van der Waals surface area contributed by atoms with Crippen LogP contribution in [0.2, 0.25) is 0 Å². The summed E-state index contributed by atoms with van der Waals surface area (Å²) in [6.45, 7) is 3.48. The predicted octanol–water partition coefficient (Wildman–Crippen LogP) is 3.04. The van der Waals surface area contributed by atoms with E-state index in [0.717, 1.165) is 16.5 Å². The lowest BCUT2D eigenvalue weighted by Crippen LogP contribution is -2.39. The number of fused-ring (bicyclic) bond motifs is 1. The molecule has 1 unspecified atom stereocenters. The fraction of sp³-hybridized carbons (Fsp3) is 0.304. The number of aliphatic hydroxyl groups is 1. The van der Waals surface area contributed by atoms with Crippen molar-refractivity contribution in [3.8, 4) is 11.5 Å². The lowest BCUT2D eigenvalue weighted by molar-refractivity contribution is 0.176. The van der Waals surface area contributed by atoms with Gasteiger partial charge in [-0.05, 0) is 42.8 Å². The van der Waals surface area contributed by atoms with Gasteiger partial charge in [-0.25, -0.2) is 4.99 Å². The molecule has 1 aromatic heterocycles. The number of guanidine groups is 1. The Morgan fingerprint density at radius 3 is 2.70 bits per heavy atom. The average molecular weight is 409 g/mol. The molecule has 3 rings (SSSR count). The van der Waals surface area contributed by atoms with Crippen molar-refractivity contribution in [3.63, 3.8) is 0 Å². The Kier molecular flexibility index (Phi) is 7.45. The number of hydrogen-bond acceptors (Lipinski definition) is 5. The predicted molar refractivity (Wildman–Crippen MR) is 119 cm³/mol. The number of benzene rings is 2. The Balaban J connectivity index is 1.72. The maximum Gasteiger partial charge on any atom is 0.191 e. The van der Waals surface area contributed by atoms with Gasteiger partial charge in [0.1, 0.15) is 11.5 Å². The van der Waals surface area contributed by atoms with Gasteiger partial charge in [-0.3, -0.25) is 4.98 Å². The number of methoxy groups -OCH3 is 2. The number of aliphatic hydroxyl groups excluding tert-OH is 1. The number of aliphatic imine (C=N–C) groups is 1. The number of rotatable bonds is 8. The highest BCUT2D eigenvalue weighted by Crippen LogP contribution is 2.29. The largest absolute Gasteiger partial charge is 0.497 e. The fourth-order valence-electron chi connectivity index (χ4n) is 3.20. The summed E-state index contributed by atoms with van der Waals surface area (Å²) < 4.78 is 10.6. The molecule has 30 heavy (non-hydrogen) atoms. The number of aromatic nitrogens is 1. The standard InChI is InChI=1S/C23H28N4O3/c1-4-24-23(26-14-16-11-12-25-20-8-6-5-7-18(16)20)27-15-21(28)19-13-17(29-2)9-10-22(19)30-3/h5-13,21,28H,4,14-15H2,1-3H3,(H2,24,26,27). The van der Waals surface area contributed by atoms with Crippen LogP contribution in [0.25, 0.3) is 10.9 Å². The van der Waals surface area contributed by atoms with E-state index in [1.54, 1.807) is 38.6 Å². The lowest BCUT2D eigenvalue weighted by atomic mass is 10.1. The molecule has 0 radical (unpaired) electrons. The van der Waals surface area contributed by atoms with Crippen molar-refractivity contribution < 1.29 is 14.6 Å². The molecule has 1 atom stereocenters. The maximum absolute atomic E-state index is 10.7. The molecular formula is C23H28N4O3. The molecule has 7 nitrogen and oxygen atoms in total. The topological polar surface area (TPSA) is 88.0 Å². The van der Waals surface area contributed by atoms with Gasteiger partial charge in [0.05, 0.1) is 32.4 Å². The van der Waals surface area contributed by atoms with E-state index in [4.69, 9.17) is 9.47 Å². The SMILES string of the molecule is CCNC(=NCc1ccnc2ccccc12)NCC(O)c1cc(OC)ccc1OC. The second kappa shape index (κ2) is 10.5. The molecule has 0 spiro atoms. The summed E-state index contributed by atoms with van der Waals surface area (Å²) in [5.74, 6) is 1.89. The Morgan fingerprint density at radius 2 is 1.93 bits per heavy atom. The van der Waals surface area contributed by atoms with Crippen LogP contribution in [0.3, 0.4) is 0 Å². The molecule has 3 aromatic rings. The summed E-state index contributed by atoms with van der Waals surface area (Å²) >= 11 is 0. The molecule has 0 aliphatic rings. The highest BCUT2D eigenvalue weighted by molar-refractivity contribution is 5.83. The molecule has 0 aliphatic carbocycles. The molecular weight excluding hydrogens is 380 g/mol. The van der Waals surface area contributed by atoms with Crippen LogP contribution >= 0.6 is 0 Å². The third-order valence-corrected chi connectivity index (χ3v) is 4.75. The Labute approximate surface area is 176 Å². The van der Waals surface area contributed by atoms with Crippen LogP contribution in [-0.2, 0) is 6.54 Å². The Bertz CT molecular complexity index is 1000. The molecule has 7 heteroatoms. The van der Waals surface area contributed by atoms with Gasteiger partial charge in [0.15, 0.2) is 5.96 Å². The zero-order valence-corrected chi connectivity index (χ0v) is 17.6. The first kappa shape index (κ1) is 21.4. The number of pyridine rings is 1. The molecule has 0 saturated carbocycles. The van der Waals surface area contributed by atoms with Gasteiger partial charge in [-0.2, -0.15) is 0 Å². The number of hydrogen-bond donors (Lipinski definition) is 3. The number of para-hydroxylation sites is 1. The lowest BCUT2D eigenvalue weighted by Gasteiger charge is -2.18. The normalized spacial score (nSPS) is 12.5. The molecule has 3 N–H and O–H groups in total. The highest BCUT2D eigenvalue weighted by atomic mass is 16.5. The number of nitrogens with zero attached hydrogens (tertiary/aromatic N) is 2. The van der Waals surface area contributed by atoms with Gasteiger partial charge in [0, 0.05) is 30.2 Å². The van der Waals surface area contributed by atoms with Crippen molar-refractivity contribution in [2.45, 2.75) is 19.6 Å². The van der Waals surface area contributed by atoms with Crippen molar-refractivity contribution in [3.05, 3.63) is 65.9 Å². The Hall–Kier alpha value is -3.32. The van der Waals surface area contributed by atoms with Crippen LogP contribution < -0.4 is 20.1 Å². The molecule has 0 amide bonds. The van der Waals surface area contributed by atoms with Crippen molar-refractivity contribution in [2.75, 3.05) is 27.3 Å². The number of ether oxygens (including phenoxy) is 2. The van der Waals surface area contributed by atoms with Crippen LogP contribution in [0.5, 0.6) is 11.5 Å². The molecule has 158 valence electrons. The summed E-state index contributed by atoms with van der Waals surface area (Å²) in [5, 5.41) is 18.2. The minimum atomic E-state index is -0.791. The second-order valence-electron chi connectivity index (χ2n) is 6.69. The molecule has 0 aliphatic heterocycles. The van der Waals surface area contributed by atoms with Crippen LogP contribution in [-0.4, -0.2) is 43.4 Å². The van der Waals surface area contributed by atoms with Gasteiger partial charge in [0.25, 0.3) is 0 Å². The third-order valence-electron chi connectivity index (χ3n) is 4.75. The first-order valence-corrected chi connectivity index (χ1v) is 9.91. The van der Waals surface area contributed by atoms with Crippen molar-refractivity contribution >= 4 is 16.9 Å². The van der Waals surface area contributed by atoms with Gasteiger partial charge < -0.3 is 25.2 Å². The summed E-state index contributed by atoms with van der Waals surface area (Å²) in [6.07, 6.45) is 1.01. The van der Waals surface area contributed by atoms with Gasteiger partial charge in [-0.15, -0.1) is 0 Å². The fourth-order valence-corrected chi connectivity index (χ4v) is 3.20. The van der Waals surface area contributed by atoms with Crippen LogP contribution in [0.15, 0.2) is 59.7 Å². The van der Waals surface area contributed by atoms with Crippen LogP contribution in [0.1, 0.15) is 24.2 Å². The molecule has 0 bridgehead atoms. The molecule has 2 aromatic carbocycles. The van der Waals surface area contributed by atoms with E-state index in [1.807, 2.05) is 37.3 Å². The molecule has 0 fully saturated rings.